The van der Waals surface area contributed by atoms with E-state index in [1.807, 2.05) is 54.1 Å². The Morgan fingerprint density at radius 3 is 1.94 bits per heavy atom. The number of allylic oxidation sites excluding steroid dienone is 1. The van der Waals surface area contributed by atoms with E-state index in [0.717, 1.165) is 5.92 Å². The van der Waals surface area contributed by atoms with Gasteiger partial charge in [-0.05, 0) is 24.8 Å². The van der Waals surface area contributed by atoms with Crippen LogP contribution in [-0.2, 0) is 7.05 Å². The van der Waals surface area contributed by atoms with Crippen LogP contribution in [0.5, 0.6) is 0 Å². The summed E-state index contributed by atoms with van der Waals surface area (Å²) in [6, 6.07) is 1.89. The first-order chi connectivity index (χ1) is 8.24. The van der Waals surface area contributed by atoms with Crippen LogP contribution in [0.25, 0.3) is 0 Å². The first-order valence-electron chi connectivity index (χ1n) is 6.54. The van der Waals surface area contributed by atoms with E-state index in [9.17, 15) is 0 Å². The predicted octanol–water partition coefficient (Wildman–Crippen LogP) is 3.60. The van der Waals surface area contributed by atoms with Gasteiger partial charge in [0.15, 0.2) is 0 Å². The molecule has 0 aliphatic heterocycles. The van der Waals surface area contributed by atoms with E-state index in [2.05, 4.69) is 17.0 Å². The molecule has 1 aromatic rings. The lowest BCUT2D eigenvalue weighted by atomic mass is 10.3. The van der Waals surface area contributed by atoms with E-state index in [1.54, 1.807) is 10.9 Å². The quantitative estimate of drug-likeness (QED) is 0.854. The van der Waals surface area contributed by atoms with Gasteiger partial charge in [0, 0.05) is 32.2 Å². The standard InChI is InChI=1S/C6H11N.C4H6N2.2C2H6/c1-5(7-2)6-3-4-6;1-6-4-2-3-5-6;2*1-2/h6-7H,1,3-4H2,2H3;2-4H,1H3;2*1-2H3. The minimum absolute atomic E-state index is 0.810. The molecule has 0 atom stereocenters. The van der Waals surface area contributed by atoms with Crippen LogP contribution in [0.1, 0.15) is 40.5 Å². The molecule has 0 saturated heterocycles. The lowest BCUT2D eigenvalue weighted by Crippen LogP contribution is -2.04. The number of rotatable bonds is 2. The second-order valence-corrected chi connectivity index (χ2v) is 3.23. The van der Waals surface area contributed by atoms with Crippen molar-refractivity contribution in [3.8, 4) is 0 Å². The summed E-state index contributed by atoms with van der Waals surface area (Å²) < 4.78 is 1.75. The first-order valence-corrected chi connectivity index (χ1v) is 6.54. The van der Waals surface area contributed by atoms with Gasteiger partial charge in [0.1, 0.15) is 0 Å². The van der Waals surface area contributed by atoms with E-state index in [0.29, 0.717) is 0 Å². The molecule has 0 radical (unpaired) electrons. The SMILES string of the molecule is C=C(NC)C1CC1.CC.CC.Cn1cccn1. The van der Waals surface area contributed by atoms with E-state index in [1.165, 1.54) is 18.5 Å². The van der Waals surface area contributed by atoms with Gasteiger partial charge in [-0.15, -0.1) is 0 Å². The third-order valence-corrected chi connectivity index (χ3v) is 2.03. The van der Waals surface area contributed by atoms with Crippen LogP contribution in [0.2, 0.25) is 0 Å². The molecule has 0 spiro atoms. The zero-order chi connectivity index (χ0) is 13.7. The number of hydrogen-bond acceptors (Lipinski definition) is 2. The average Bonchev–Trinajstić information content (AvgIpc) is 3.15. The van der Waals surface area contributed by atoms with Crippen LogP contribution in [0.3, 0.4) is 0 Å². The predicted molar refractivity (Wildman–Crippen MR) is 76.8 cm³/mol. The minimum Gasteiger partial charge on any atom is -0.392 e. The van der Waals surface area contributed by atoms with Crippen molar-refractivity contribution in [1.29, 1.82) is 0 Å². The number of hydrogen-bond donors (Lipinski definition) is 1. The molecule has 17 heavy (non-hydrogen) atoms. The third-order valence-electron chi connectivity index (χ3n) is 2.03. The largest absolute Gasteiger partial charge is 0.392 e. The number of aromatic nitrogens is 2. The molecule has 0 unspecified atom stereocenters. The lowest BCUT2D eigenvalue weighted by Gasteiger charge is -1.97. The van der Waals surface area contributed by atoms with Crippen molar-refractivity contribution in [2.24, 2.45) is 13.0 Å². The first kappa shape index (κ1) is 18.1. The average molecular weight is 239 g/mol. The Morgan fingerprint density at radius 1 is 1.29 bits per heavy atom. The zero-order valence-electron chi connectivity index (χ0n) is 12.3. The Bertz CT molecular complexity index is 248. The van der Waals surface area contributed by atoms with Crippen LogP contribution in [0.15, 0.2) is 30.7 Å². The van der Waals surface area contributed by atoms with Crippen LogP contribution < -0.4 is 5.32 Å². The van der Waals surface area contributed by atoms with Gasteiger partial charge >= 0.3 is 0 Å². The number of aryl methyl sites for hydroxylation is 1. The fraction of sp³-hybridized carbons (Fsp3) is 0.643. The highest BCUT2D eigenvalue weighted by Crippen LogP contribution is 2.33. The summed E-state index contributed by atoms with van der Waals surface area (Å²) in [5, 5.41) is 6.87. The summed E-state index contributed by atoms with van der Waals surface area (Å²) >= 11 is 0. The fourth-order valence-electron chi connectivity index (χ4n) is 0.981. The summed E-state index contributed by atoms with van der Waals surface area (Å²) in [5.74, 6) is 0.810. The third kappa shape index (κ3) is 11.0. The maximum atomic E-state index is 3.83. The number of nitrogens with zero attached hydrogens (tertiary/aromatic N) is 2. The maximum Gasteiger partial charge on any atom is 0.0489 e. The van der Waals surface area contributed by atoms with Gasteiger partial charge in [0.05, 0.1) is 0 Å². The highest BCUT2D eigenvalue weighted by molar-refractivity contribution is 5.03. The van der Waals surface area contributed by atoms with Crippen molar-refractivity contribution in [3.05, 3.63) is 30.7 Å². The van der Waals surface area contributed by atoms with Gasteiger partial charge in [-0.2, -0.15) is 5.10 Å². The van der Waals surface area contributed by atoms with Crippen molar-refractivity contribution in [2.45, 2.75) is 40.5 Å². The summed E-state index contributed by atoms with van der Waals surface area (Å²) in [6.07, 6.45) is 6.33. The lowest BCUT2D eigenvalue weighted by molar-refractivity contribution is 0.768. The molecule has 3 nitrogen and oxygen atoms in total. The molecule has 0 bridgehead atoms. The molecule has 3 heteroatoms. The molecule has 1 N–H and O–H groups in total. The van der Waals surface area contributed by atoms with E-state index in [4.69, 9.17) is 0 Å². The Morgan fingerprint density at radius 2 is 1.82 bits per heavy atom. The van der Waals surface area contributed by atoms with Crippen LogP contribution >= 0.6 is 0 Å². The van der Waals surface area contributed by atoms with E-state index >= 15 is 0 Å². The molecule has 0 amide bonds. The molecular formula is C14H29N3. The van der Waals surface area contributed by atoms with Gasteiger partial charge in [-0.3, -0.25) is 4.68 Å². The molecule has 2 rings (SSSR count). The summed E-state index contributed by atoms with van der Waals surface area (Å²) in [7, 11) is 3.82. The van der Waals surface area contributed by atoms with Crippen molar-refractivity contribution in [1.82, 2.24) is 15.1 Å². The molecule has 1 heterocycles. The Labute approximate surface area is 107 Å². The molecule has 1 aliphatic carbocycles. The van der Waals surface area contributed by atoms with E-state index in [-0.39, 0.29) is 0 Å². The van der Waals surface area contributed by atoms with Crippen LogP contribution in [0, 0.1) is 5.92 Å². The summed E-state index contributed by atoms with van der Waals surface area (Å²) in [5.41, 5.74) is 1.21. The van der Waals surface area contributed by atoms with Crippen molar-refractivity contribution >= 4 is 0 Å². The normalized spacial score (nSPS) is 11.6. The second kappa shape index (κ2) is 12.8. The van der Waals surface area contributed by atoms with Gasteiger partial charge in [0.25, 0.3) is 0 Å². The van der Waals surface area contributed by atoms with Gasteiger partial charge in [-0.1, -0.05) is 34.3 Å². The molecule has 0 aromatic carbocycles. The van der Waals surface area contributed by atoms with Gasteiger partial charge in [0.2, 0.25) is 0 Å². The fourth-order valence-corrected chi connectivity index (χ4v) is 0.981. The van der Waals surface area contributed by atoms with Crippen molar-refractivity contribution in [3.63, 3.8) is 0 Å². The minimum atomic E-state index is 0.810. The summed E-state index contributed by atoms with van der Waals surface area (Å²) in [6.45, 7) is 11.8. The Hall–Kier alpha value is -1.25. The molecule has 1 saturated carbocycles. The van der Waals surface area contributed by atoms with E-state index < -0.39 is 0 Å². The molecular weight excluding hydrogens is 210 g/mol. The van der Waals surface area contributed by atoms with Crippen LogP contribution in [-0.4, -0.2) is 16.8 Å². The molecule has 1 fully saturated rings. The van der Waals surface area contributed by atoms with Crippen molar-refractivity contribution < 1.29 is 0 Å². The second-order valence-electron chi connectivity index (χ2n) is 3.23. The van der Waals surface area contributed by atoms with Crippen molar-refractivity contribution in [2.75, 3.05) is 7.05 Å². The number of nitrogens with one attached hydrogen (secondary N) is 1. The Kier molecular flexibility index (Phi) is 13.7. The van der Waals surface area contributed by atoms with Gasteiger partial charge < -0.3 is 5.32 Å². The maximum absolute atomic E-state index is 3.83. The van der Waals surface area contributed by atoms with Gasteiger partial charge in [-0.25, -0.2) is 0 Å². The molecule has 1 aromatic heterocycles. The molecule has 1 aliphatic rings. The Balaban J connectivity index is 0. The summed E-state index contributed by atoms with van der Waals surface area (Å²) in [4.78, 5) is 0. The smallest absolute Gasteiger partial charge is 0.0489 e. The van der Waals surface area contributed by atoms with Crippen LogP contribution in [0.4, 0.5) is 0 Å². The monoisotopic (exact) mass is 239 g/mol. The molecule has 100 valence electrons. The highest BCUT2D eigenvalue weighted by atomic mass is 15.2. The zero-order valence-corrected chi connectivity index (χ0v) is 12.3. The highest BCUT2D eigenvalue weighted by Gasteiger charge is 2.23. The topological polar surface area (TPSA) is 29.9 Å².